The molecule has 0 aromatic rings. The number of rotatable bonds is 8. The van der Waals surface area contributed by atoms with Crippen LogP contribution in [0.4, 0.5) is 0 Å². The van der Waals surface area contributed by atoms with Crippen molar-refractivity contribution in [2.45, 2.75) is 46.1 Å². The number of unbranched alkanes of at least 4 members (excludes halogenated alkanes) is 1. The molecule has 0 rings (SSSR count). The molecule has 0 fully saturated rings. The average molecular weight is 230 g/mol. The van der Waals surface area contributed by atoms with Crippen LogP contribution in [0.25, 0.3) is 0 Å². The van der Waals surface area contributed by atoms with E-state index in [9.17, 15) is 4.79 Å². The smallest absolute Gasteiger partial charge is 0.239 e. The van der Waals surface area contributed by atoms with Crippen molar-refractivity contribution >= 4 is 5.91 Å². The molecule has 0 aliphatic rings. The van der Waals surface area contributed by atoms with Crippen molar-refractivity contribution < 1.29 is 9.90 Å². The van der Waals surface area contributed by atoms with E-state index in [1.165, 1.54) is 0 Å². The SMILES string of the molecule is CCCCN(CCO)C(=O)C(N)C(C)CC. The second-order valence-electron chi connectivity index (χ2n) is 4.31. The summed E-state index contributed by atoms with van der Waals surface area (Å²) in [4.78, 5) is 13.7. The largest absolute Gasteiger partial charge is 0.395 e. The zero-order valence-corrected chi connectivity index (χ0v) is 10.8. The van der Waals surface area contributed by atoms with Crippen LogP contribution < -0.4 is 5.73 Å². The summed E-state index contributed by atoms with van der Waals surface area (Å²) in [7, 11) is 0. The minimum absolute atomic E-state index is 0.00266. The highest BCUT2D eigenvalue weighted by Crippen LogP contribution is 2.09. The predicted octanol–water partition coefficient (Wildman–Crippen LogP) is 0.981. The maximum Gasteiger partial charge on any atom is 0.239 e. The fraction of sp³-hybridized carbons (Fsp3) is 0.917. The monoisotopic (exact) mass is 230 g/mol. The average Bonchev–Trinajstić information content (AvgIpc) is 2.31. The number of nitrogens with two attached hydrogens (primary N) is 1. The van der Waals surface area contributed by atoms with Crippen molar-refractivity contribution in [1.29, 1.82) is 0 Å². The molecule has 0 bridgehead atoms. The number of carbonyl (C=O) groups excluding carboxylic acids is 1. The predicted molar refractivity (Wildman–Crippen MR) is 66.0 cm³/mol. The maximum absolute atomic E-state index is 12.0. The summed E-state index contributed by atoms with van der Waals surface area (Å²) in [5.41, 5.74) is 5.90. The molecule has 0 saturated carbocycles. The van der Waals surface area contributed by atoms with E-state index in [0.29, 0.717) is 13.1 Å². The number of aliphatic hydroxyl groups is 1. The van der Waals surface area contributed by atoms with Gasteiger partial charge in [-0.25, -0.2) is 0 Å². The fourth-order valence-electron chi connectivity index (χ4n) is 1.51. The van der Waals surface area contributed by atoms with Crippen molar-refractivity contribution in [3.05, 3.63) is 0 Å². The minimum atomic E-state index is -0.437. The van der Waals surface area contributed by atoms with E-state index in [0.717, 1.165) is 19.3 Å². The molecule has 1 amide bonds. The van der Waals surface area contributed by atoms with Crippen LogP contribution in [0.2, 0.25) is 0 Å². The number of aliphatic hydroxyl groups excluding tert-OH is 1. The van der Waals surface area contributed by atoms with Crippen LogP contribution in [0.1, 0.15) is 40.0 Å². The molecule has 0 aromatic carbocycles. The fourth-order valence-corrected chi connectivity index (χ4v) is 1.51. The maximum atomic E-state index is 12.0. The van der Waals surface area contributed by atoms with Crippen molar-refractivity contribution in [1.82, 2.24) is 4.90 Å². The van der Waals surface area contributed by atoms with Crippen LogP contribution >= 0.6 is 0 Å². The highest BCUT2D eigenvalue weighted by molar-refractivity contribution is 5.81. The molecule has 0 heterocycles. The van der Waals surface area contributed by atoms with Gasteiger partial charge in [0.2, 0.25) is 5.91 Å². The van der Waals surface area contributed by atoms with Gasteiger partial charge in [0.25, 0.3) is 0 Å². The van der Waals surface area contributed by atoms with Crippen LogP contribution in [-0.2, 0) is 4.79 Å². The zero-order chi connectivity index (χ0) is 12.6. The van der Waals surface area contributed by atoms with Crippen LogP contribution in [0.5, 0.6) is 0 Å². The third-order valence-electron chi connectivity index (χ3n) is 3.01. The van der Waals surface area contributed by atoms with E-state index in [-0.39, 0.29) is 18.4 Å². The normalized spacial score (nSPS) is 14.6. The van der Waals surface area contributed by atoms with E-state index >= 15 is 0 Å². The van der Waals surface area contributed by atoms with Gasteiger partial charge >= 0.3 is 0 Å². The van der Waals surface area contributed by atoms with Crippen molar-refractivity contribution in [3.63, 3.8) is 0 Å². The Balaban J connectivity index is 4.34. The van der Waals surface area contributed by atoms with Gasteiger partial charge in [-0.1, -0.05) is 33.6 Å². The molecular formula is C12H26N2O2. The number of hydrogen-bond donors (Lipinski definition) is 2. The van der Waals surface area contributed by atoms with Crippen molar-refractivity contribution in [3.8, 4) is 0 Å². The molecular weight excluding hydrogens is 204 g/mol. The first-order valence-electron chi connectivity index (χ1n) is 6.23. The quantitative estimate of drug-likeness (QED) is 0.653. The molecule has 0 radical (unpaired) electrons. The molecule has 2 unspecified atom stereocenters. The van der Waals surface area contributed by atoms with Crippen molar-refractivity contribution in [2.24, 2.45) is 11.7 Å². The lowest BCUT2D eigenvalue weighted by Gasteiger charge is -2.27. The van der Waals surface area contributed by atoms with E-state index in [1.807, 2.05) is 13.8 Å². The molecule has 2 atom stereocenters. The summed E-state index contributed by atoms with van der Waals surface area (Å²) in [5, 5.41) is 8.93. The Bertz CT molecular complexity index is 197. The van der Waals surface area contributed by atoms with E-state index in [2.05, 4.69) is 6.92 Å². The van der Waals surface area contributed by atoms with Gasteiger partial charge in [-0.2, -0.15) is 0 Å². The van der Waals surface area contributed by atoms with E-state index in [4.69, 9.17) is 10.8 Å². The Morgan fingerprint density at radius 1 is 1.38 bits per heavy atom. The summed E-state index contributed by atoms with van der Waals surface area (Å²) in [5.74, 6) is 0.159. The first kappa shape index (κ1) is 15.4. The lowest BCUT2D eigenvalue weighted by molar-refractivity contribution is -0.134. The summed E-state index contributed by atoms with van der Waals surface area (Å²) in [6.45, 7) is 7.18. The minimum Gasteiger partial charge on any atom is -0.395 e. The number of hydrogen-bond acceptors (Lipinski definition) is 3. The Morgan fingerprint density at radius 3 is 2.44 bits per heavy atom. The first-order valence-corrected chi connectivity index (χ1v) is 6.23. The van der Waals surface area contributed by atoms with Gasteiger partial charge in [-0.15, -0.1) is 0 Å². The van der Waals surface area contributed by atoms with Gasteiger partial charge in [-0.3, -0.25) is 4.79 Å². The molecule has 96 valence electrons. The lowest BCUT2D eigenvalue weighted by atomic mass is 9.99. The van der Waals surface area contributed by atoms with Crippen molar-refractivity contribution in [2.75, 3.05) is 19.7 Å². The molecule has 0 saturated heterocycles. The summed E-state index contributed by atoms with van der Waals surface area (Å²) >= 11 is 0. The molecule has 4 heteroatoms. The highest BCUT2D eigenvalue weighted by atomic mass is 16.3. The Labute approximate surface area is 98.8 Å². The van der Waals surface area contributed by atoms with Crippen LogP contribution in [0.15, 0.2) is 0 Å². The lowest BCUT2D eigenvalue weighted by Crippen LogP contribution is -2.48. The van der Waals surface area contributed by atoms with Gasteiger partial charge in [0.15, 0.2) is 0 Å². The first-order chi connectivity index (χ1) is 7.58. The van der Waals surface area contributed by atoms with Crippen LogP contribution in [0, 0.1) is 5.92 Å². The highest BCUT2D eigenvalue weighted by Gasteiger charge is 2.24. The molecule has 3 N–H and O–H groups in total. The van der Waals surface area contributed by atoms with Crippen LogP contribution in [0.3, 0.4) is 0 Å². The van der Waals surface area contributed by atoms with Gasteiger partial charge < -0.3 is 15.7 Å². The molecule has 16 heavy (non-hydrogen) atoms. The Morgan fingerprint density at radius 2 is 2.00 bits per heavy atom. The van der Waals surface area contributed by atoms with Gasteiger partial charge in [0, 0.05) is 13.1 Å². The standard InChI is InChI=1S/C12H26N2O2/c1-4-6-7-14(8-9-15)12(16)11(13)10(3)5-2/h10-11,15H,4-9,13H2,1-3H3. The second kappa shape index (κ2) is 8.53. The molecule has 0 spiro atoms. The number of nitrogens with zero attached hydrogens (tertiary/aromatic N) is 1. The Kier molecular flexibility index (Phi) is 8.21. The summed E-state index contributed by atoms with van der Waals surface area (Å²) < 4.78 is 0. The number of amides is 1. The molecule has 0 aromatic heterocycles. The second-order valence-corrected chi connectivity index (χ2v) is 4.31. The number of carbonyl (C=O) groups is 1. The third-order valence-corrected chi connectivity index (χ3v) is 3.01. The van der Waals surface area contributed by atoms with E-state index in [1.54, 1.807) is 4.90 Å². The summed E-state index contributed by atoms with van der Waals surface area (Å²) in [6.07, 6.45) is 2.89. The van der Waals surface area contributed by atoms with E-state index < -0.39 is 6.04 Å². The third kappa shape index (κ3) is 4.94. The van der Waals surface area contributed by atoms with Gasteiger partial charge in [0.1, 0.15) is 0 Å². The molecule has 0 aliphatic carbocycles. The molecule has 4 nitrogen and oxygen atoms in total. The van der Waals surface area contributed by atoms with Gasteiger partial charge in [0.05, 0.1) is 12.6 Å². The topological polar surface area (TPSA) is 66.6 Å². The van der Waals surface area contributed by atoms with Crippen LogP contribution in [-0.4, -0.2) is 41.7 Å². The summed E-state index contributed by atoms with van der Waals surface area (Å²) in [6, 6.07) is -0.437. The zero-order valence-electron chi connectivity index (χ0n) is 10.8. The molecule has 0 aliphatic heterocycles. The Hall–Kier alpha value is -0.610. The van der Waals surface area contributed by atoms with Gasteiger partial charge in [-0.05, 0) is 12.3 Å².